The number of rotatable bonds is 4. The Labute approximate surface area is 171 Å². The van der Waals surface area contributed by atoms with Gasteiger partial charge in [0.15, 0.2) is 5.96 Å². The van der Waals surface area contributed by atoms with Gasteiger partial charge in [0.2, 0.25) is 0 Å². The molecule has 29 heavy (non-hydrogen) atoms. The van der Waals surface area contributed by atoms with Crippen molar-refractivity contribution in [3.8, 4) is 5.75 Å². The Morgan fingerprint density at radius 2 is 2.00 bits per heavy atom. The Kier molecular flexibility index (Phi) is 5.18. The standard InChI is InChI=1S/C23H28N4O2/c1-3-14-12-29-19-9-8-16(11-18(19)21(14)27-23(24)25)22(28)26-20-13(2)10-15-6-4-5-7-17(15)20/h4-9,11,13-14,20-21H,3,10,12H2,1-2H3,(H,26,28)(H4,24,25,27)/t13-,14-,20+,21-/m1/s1. The van der Waals surface area contributed by atoms with E-state index in [1.165, 1.54) is 11.1 Å². The molecule has 1 aliphatic heterocycles. The summed E-state index contributed by atoms with van der Waals surface area (Å²) in [5.74, 6) is 1.22. The highest BCUT2D eigenvalue weighted by atomic mass is 16.5. The van der Waals surface area contributed by atoms with Gasteiger partial charge in [-0.15, -0.1) is 0 Å². The minimum atomic E-state index is -0.201. The molecule has 1 amide bonds. The van der Waals surface area contributed by atoms with E-state index in [1.807, 2.05) is 24.3 Å². The van der Waals surface area contributed by atoms with E-state index in [9.17, 15) is 4.79 Å². The third kappa shape index (κ3) is 3.67. The largest absolute Gasteiger partial charge is 0.493 e. The van der Waals surface area contributed by atoms with Crippen LogP contribution in [0.15, 0.2) is 47.5 Å². The first-order valence-electron chi connectivity index (χ1n) is 10.2. The SMILES string of the molecule is CC[C@@H]1COc2ccc(C(=O)N[C@@H]3c4ccccc4C[C@H]3C)cc2[C@@H]1N=C(N)N. The third-order valence-corrected chi connectivity index (χ3v) is 6.09. The van der Waals surface area contributed by atoms with Gasteiger partial charge in [-0.05, 0) is 48.1 Å². The molecule has 4 atom stereocenters. The molecular formula is C23H28N4O2. The van der Waals surface area contributed by atoms with Crippen LogP contribution in [-0.2, 0) is 6.42 Å². The van der Waals surface area contributed by atoms with Crippen molar-refractivity contribution < 1.29 is 9.53 Å². The topological polar surface area (TPSA) is 103 Å². The Balaban J connectivity index is 1.62. The summed E-state index contributed by atoms with van der Waals surface area (Å²) in [5.41, 5.74) is 15.3. The second kappa shape index (κ2) is 7.78. The zero-order chi connectivity index (χ0) is 20.5. The molecule has 5 N–H and O–H groups in total. The van der Waals surface area contributed by atoms with Crippen LogP contribution in [0, 0.1) is 11.8 Å². The zero-order valence-corrected chi connectivity index (χ0v) is 16.9. The summed E-state index contributed by atoms with van der Waals surface area (Å²) < 4.78 is 5.89. The van der Waals surface area contributed by atoms with Crippen molar-refractivity contribution in [3.63, 3.8) is 0 Å². The first-order valence-corrected chi connectivity index (χ1v) is 10.2. The van der Waals surface area contributed by atoms with Gasteiger partial charge in [0.25, 0.3) is 5.91 Å². The van der Waals surface area contributed by atoms with E-state index in [0.717, 1.165) is 24.2 Å². The second-order valence-electron chi connectivity index (χ2n) is 8.06. The number of carbonyl (C=O) groups is 1. The van der Waals surface area contributed by atoms with E-state index in [2.05, 4.69) is 36.3 Å². The van der Waals surface area contributed by atoms with Gasteiger partial charge in [-0.25, -0.2) is 4.99 Å². The Morgan fingerprint density at radius 1 is 1.21 bits per heavy atom. The van der Waals surface area contributed by atoms with Crippen LogP contribution < -0.4 is 21.5 Å². The third-order valence-electron chi connectivity index (χ3n) is 6.09. The lowest BCUT2D eigenvalue weighted by Crippen LogP contribution is -2.32. The Morgan fingerprint density at radius 3 is 2.76 bits per heavy atom. The molecule has 2 aliphatic rings. The number of nitrogens with two attached hydrogens (primary N) is 2. The minimum Gasteiger partial charge on any atom is -0.493 e. The Bertz CT molecular complexity index is 952. The van der Waals surface area contributed by atoms with Gasteiger partial charge in [-0.3, -0.25) is 4.79 Å². The summed E-state index contributed by atoms with van der Waals surface area (Å²) >= 11 is 0. The van der Waals surface area contributed by atoms with Crippen LogP contribution in [0.3, 0.4) is 0 Å². The number of hydrogen-bond donors (Lipinski definition) is 3. The minimum absolute atomic E-state index is 0.0166. The monoisotopic (exact) mass is 392 g/mol. The summed E-state index contributed by atoms with van der Waals surface area (Å²) in [6.07, 6.45) is 1.86. The van der Waals surface area contributed by atoms with Gasteiger partial charge in [-0.1, -0.05) is 38.1 Å². The molecule has 2 aromatic carbocycles. The maximum atomic E-state index is 13.1. The number of amides is 1. The van der Waals surface area contributed by atoms with E-state index in [-0.39, 0.29) is 29.9 Å². The molecule has 2 aromatic rings. The average molecular weight is 393 g/mol. The molecule has 0 saturated heterocycles. The summed E-state index contributed by atoms with van der Waals surface area (Å²) in [7, 11) is 0. The molecule has 0 radical (unpaired) electrons. The van der Waals surface area contributed by atoms with Crippen molar-refractivity contribution in [2.45, 2.75) is 38.8 Å². The number of hydrogen-bond acceptors (Lipinski definition) is 3. The quantitative estimate of drug-likeness (QED) is 0.549. The predicted octanol–water partition coefficient (Wildman–Crippen LogP) is 3.08. The highest BCUT2D eigenvalue weighted by molar-refractivity contribution is 5.95. The molecule has 1 heterocycles. The van der Waals surface area contributed by atoms with Gasteiger partial charge >= 0.3 is 0 Å². The molecule has 0 saturated carbocycles. The molecule has 0 bridgehead atoms. The fraction of sp³-hybridized carbons (Fsp3) is 0.391. The average Bonchev–Trinajstić information content (AvgIpc) is 3.02. The molecule has 0 spiro atoms. The number of benzene rings is 2. The molecule has 4 rings (SSSR count). The Hall–Kier alpha value is -3.02. The first kappa shape index (κ1) is 19.3. The summed E-state index contributed by atoms with van der Waals surface area (Å²) in [6.45, 7) is 4.82. The van der Waals surface area contributed by atoms with E-state index in [0.29, 0.717) is 18.1 Å². The van der Waals surface area contributed by atoms with Gasteiger partial charge in [0.1, 0.15) is 5.75 Å². The lowest BCUT2D eigenvalue weighted by molar-refractivity contribution is 0.0926. The van der Waals surface area contributed by atoms with Crippen molar-refractivity contribution in [1.82, 2.24) is 5.32 Å². The lowest BCUT2D eigenvalue weighted by Gasteiger charge is -2.31. The summed E-state index contributed by atoms with van der Waals surface area (Å²) in [4.78, 5) is 17.5. The summed E-state index contributed by atoms with van der Waals surface area (Å²) in [5, 5.41) is 3.22. The molecular weight excluding hydrogens is 364 g/mol. The van der Waals surface area contributed by atoms with E-state index >= 15 is 0 Å². The van der Waals surface area contributed by atoms with Crippen LogP contribution in [-0.4, -0.2) is 18.5 Å². The number of guanidine groups is 1. The number of nitrogens with zero attached hydrogens (tertiary/aromatic N) is 1. The number of fused-ring (bicyclic) bond motifs is 2. The fourth-order valence-electron chi connectivity index (χ4n) is 4.51. The fourth-order valence-corrected chi connectivity index (χ4v) is 4.51. The normalized spacial score (nSPS) is 24.8. The maximum Gasteiger partial charge on any atom is 0.251 e. The molecule has 0 unspecified atom stereocenters. The number of ether oxygens (including phenoxy) is 1. The number of nitrogens with one attached hydrogen (secondary N) is 1. The van der Waals surface area contributed by atoms with Gasteiger partial charge in [0.05, 0.1) is 18.7 Å². The van der Waals surface area contributed by atoms with E-state index < -0.39 is 0 Å². The van der Waals surface area contributed by atoms with E-state index in [4.69, 9.17) is 16.2 Å². The van der Waals surface area contributed by atoms with Crippen LogP contribution in [0.5, 0.6) is 5.75 Å². The predicted molar refractivity (Wildman–Crippen MR) is 114 cm³/mol. The van der Waals surface area contributed by atoms with Crippen molar-refractivity contribution in [3.05, 3.63) is 64.7 Å². The van der Waals surface area contributed by atoms with Crippen LogP contribution in [0.4, 0.5) is 0 Å². The van der Waals surface area contributed by atoms with Crippen LogP contribution >= 0.6 is 0 Å². The molecule has 0 fully saturated rings. The van der Waals surface area contributed by atoms with Crippen LogP contribution in [0.1, 0.15) is 59.4 Å². The molecule has 1 aliphatic carbocycles. The molecule has 0 aromatic heterocycles. The van der Waals surface area contributed by atoms with Gasteiger partial charge in [0, 0.05) is 17.0 Å². The molecule has 6 nitrogen and oxygen atoms in total. The number of carbonyl (C=O) groups excluding carboxylic acids is 1. The number of aliphatic imine (C=N–C) groups is 1. The van der Waals surface area contributed by atoms with Crippen molar-refractivity contribution in [2.75, 3.05) is 6.61 Å². The van der Waals surface area contributed by atoms with Crippen LogP contribution in [0.2, 0.25) is 0 Å². The highest BCUT2D eigenvalue weighted by Crippen LogP contribution is 2.40. The van der Waals surface area contributed by atoms with Crippen molar-refractivity contribution in [2.24, 2.45) is 28.3 Å². The molecule has 6 heteroatoms. The van der Waals surface area contributed by atoms with Crippen molar-refractivity contribution in [1.29, 1.82) is 0 Å². The first-order chi connectivity index (χ1) is 14.0. The zero-order valence-electron chi connectivity index (χ0n) is 16.9. The highest BCUT2D eigenvalue weighted by Gasteiger charge is 2.33. The maximum absolute atomic E-state index is 13.1. The van der Waals surface area contributed by atoms with E-state index in [1.54, 1.807) is 6.07 Å². The van der Waals surface area contributed by atoms with Gasteiger partial charge < -0.3 is 21.5 Å². The van der Waals surface area contributed by atoms with Crippen LogP contribution in [0.25, 0.3) is 0 Å². The lowest BCUT2D eigenvalue weighted by atomic mass is 9.88. The van der Waals surface area contributed by atoms with Gasteiger partial charge in [-0.2, -0.15) is 0 Å². The van der Waals surface area contributed by atoms with Crippen molar-refractivity contribution >= 4 is 11.9 Å². The molecule has 152 valence electrons. The smallest absolute Gasteiger partial charge is 0.251 e. The summed E-state index contributed by atoms with van der Waals surface area (Å²) in [6, 6.07) is 13.6. The second-order valence-corrected chi connectivity index (χ2v) is 8.06.